The molecule has 0 radical (unpaired) electrons. The molecule has 0 unspecified atom stereocenters. The number of hydrogen-bond donors (Lipinski definition) is 0. The number of amides is 2. The molecule has 1 aliphatic carbocycles. The van der Waals surface area contributed by atoms with Crippen LogP contribution < -0.4 is 4.90 Å². The molecule has 1 aliphatic rings. The van der Waals surface area contributed by atoms with Crippen molar-refractivity contribution >= 4 is 17.5 Å². The topological polar surface area (TPSA) is 40.6 Å². The first-order valence-corrected chi connectivity index (χ1v) is 10.8. The predicted octanol–water partition coefficient (Wildman–Crippen LogP) is 4.82. The molecule has 0 aliphatic heterocycles. The lowest BCUT2D eigenvalue weighted by molar-refractivity contribution is -0.129. The molecule has 0 heterocycles. The molecule has 2 amide bonds. The molecule has 1 fully saturated rings. The van der Waals surface area contributed by atoms with Gasteiger partial charge in [-0.15, -0.1) is 0 Å². The van der Waals surface area contributed by atoms with Gasteiger partial charge in [0.15, 0.2) is 0 Å². The highest BCUT2D eigenvalue weighted by Crippen LogP contribution is 2.30. The zero-order valence-electron chi connectivity index (χ0n) is 17.6. The number of anilines is 1. The molecule has 1 saturated carbocycles. The molecular formula is C25H32N2O2. The van der Waals surface area contributed by atoms with Crippen molar-refractivity contribution in [3.05, 3.63) is 65.7 Å². The lowest BCUT2D eigenvalue weighted by Gasteiger charge is -2.26. The Labute approximate surface area is 174 Å². The molecule has 3 rings (SSSR count). The smallest absolute Gasteiger partial charge is 0.230 e. The number of carbonyl (C=O) groups excluding carboxylic acids is 2. The SMILES string of the molecule is CCCN(C)C(=O)Cc1ccc(N(Cc2ccccc2)C(=O)C2CCCC2)cc1. The molecule has 0 atom stereocenters. The van der Waals surface area contributed by atoms with Gasteiger partial charge in [0.1, 0.15) is 0 Å². The lowest BCUT2D eigenvalue weighted by Crippen LogP contribution is -2.35. The summed E-state index contributed by atoms with van der Waals surface area (Å²) in [7, 11) is 1.85. The molecular weight excluding hydrogens is 360 g/mol. The van der Waals surface area contributed by atoms with E-state index in [2.05, 4.69) is 19.1 Å². The second-order valence-electron chi connectivity index (χ2n) is 8.05. The largest absolute Gasteiger partial charge is 0.345 e. The Balaban J connectivity index is 1.76. The lowest BCUT2D eigenvalue weighted by atomic mass is 10.0. The maximum absolute atomic E-state index is 13.2. The molecule has 0 saturated heterocycles. The zero-order chi connectivity index (χ0) is 20.6. The van der Waals surface area contributed by atoms with E-state index < -0.39 is 0 Å². The van der Waals surface area contributed by atoms with Gasteiger partial charge in [0.25, 0.3) is 0 Å². The van der Waals surface area contributed by atoms with E-state index in [1.807, 2.05) is 54.4 Å². The van der Waals surface area contributed by atoms with E-state index in [4.69, 9.17) is 0 Å². The Kier molecular flexibility index (Phi) is 7.45. The third-order valence-electron chi connectivity index (χ3n) is 5.74. The highest BCUT2D eigenvalue weighted by Gasteiger charge is 2.28. The van der Waals surface area contributed by atoms with Crippen molar-refractivity contribution in [3.63, 3.8) is 0 Å². The van der Waals surface area contributed by atoms with Gasteiger partial charge in [-0.25, -0.2) is 0 Å². The van der Waals surface area contributed by atoms with Crippen LogP contribution in [0.1, 0.15) is 50.2 Å². The first-order chi connectivity index (χ1) is 14.1. The van der Waals surface area contributed by atoms with Crippen LogP contribution >= 0.6 is 0 Å². The first-order valence-electron chi connectivity index (χ1n) is 10.8. The van der Waals surface area contributed by atoms with Crippen molar-refractivity contribution in [1.82, 2.24) is 4.90 Å². The van der Waals surface area contributed by atoms with Crippen molar-refractivity contribution in [2.24, 2.45) is 5.92 Å². The quantitative estimate of drug-likeness (QED) is 0.646. The maximum Gasteiger partial charge on any atom is 0.230 e. The molecule has 154 valence electrons. The standard InChI is InChI=1S/C25H32N2O2/c1-3-17-26(2)24(28)18-20-13-15-23(16-14-20)27(19-21-9-5-4-6-10-21)25(29)22-11-7-8-12-22/h4-6,9-10,13-16,22H,3,7-8,11-12,17-19H2,1-2H3. The van der Waals surface area contributed by atoms with Crippen LogP contribution in [0.25, 0.3) is 0 Å². The minimum atomic E-state index is 0.127. The van der Waals surface area contributed by atoms with Gasteiger partial charge in [0.2, 0.25) is 11.8 Å². The second-order valence-corrected chi connectivity index (χ2v) is 8.05. The maximum atomic E-state index is 13.2. The third kappa shape index (κ3) is 5.69. The van der Waals surface area contributed by atoms with E-state index in [9.17, 15) is 9.59 Å². The van der Waals surface area contributed by atoms with Gasteiger partial charge in [-0.2, -0.15) is 0 Å². The summed E-state index contributed by atoms with van der Waals surface area (Å²) in [6.07, 6.45) is 5.61. The minimum Gasteiger partial charge on any atom is -0.345 e. The van der Waals surface area contributed by atoms with Crippen molar-refractivity contribution in [2.45, 2.75) is 52.0 Å². The summed E-state index contributed by atoms with van der Waals surface area (Å²) in [5, 5.41) is 0. The molecule has 4 heteroatoms. The van der Waals surface area contributed by atoms with E-state index in [0.717, 1.165) is 55.5 Å². The second kappa shape index (κ2) is 10.2. The summed E-state index contributed by atoms with van der Waals surface area (Å²) < 4.78 is 0. The predicted molar refractivity (Wildman–Crippen MR) is 118 cm³/mol. The van der Waals surface area contributed by atoms with E-state index in [1.54, 1.807) is 4.90 Å². The summed E-state index contributed by atoms with van der Waals surface area (Å²) in [5.74, 6) is 0.475. The monoisotopic (exact) mass is 392 g/mol. The molecule has 4 nitrogen and oxygen atoms in total. The number of carbonyl (C=O) groups is 2. The van der Waals surface area contributed by atoms with Crippen LogP contribution in [0.2, 0.25) is 0 Å². The average Bonchev–Trinajstić information content (AvgIpc) is 3.28. The van der Waals surface area contributed by atoms with Crippen molar-refractivity contribution in [3.8, 4) is 0 Å². The van der Waals surface area contributed by atoms with E-state index >= 15 is 0 Å². The summed E-state index contributed by atoms with van der Waals surface area (Å²) in [6, 6.07) is 18.1. The van der Waals surface area contributed by atoms with Crippen LogP contribution in [0.15, 0.2) is 54.6 Å². The summed E-state index contributed by atoms with van der Waals surface area (Å²) in [6.45, 7) is 3.42. The Morgan fingerprint density at radius 2 is 1.59 bits per heavy atom. The number of benzene rings is 2. The van der Waals surface area contributed by atoms with E-state index in [-0.39, 0.29) is 17.7 Å². The van der Waals surface area contributed by atoms with Crippen molar-refractivity contribution < 1.29 is 9.59 Å². The fraction of sp³-hybridized carbons (Fsp3) is 0.440. The summed E-state index contributed by atoms with van der Waals surface area (Å²) in [5.41, 5.74) is 3.01. The van der Waals surface area contributed by atoms with Crippen LogP contribution in [0.4, 0.5) is 5.69 Å². The minimum absolute atomic E-state index is 0.127. The third-order valence-corrected chi connectivity index (χ3v) is 5.74. The van der Waals surface area contributed by atoms with Crippen molar-refractivity contribution in [2.75, 3.05) is 18.5 Å². The highest BCUT2D eigenvalue weighted by molar-refractivity contribution is 5.95. The fourth-order valence-corrected chi connectivity index (χ4v) is 4.02. The Morgan fingerprint density at radius 1 is 0.931 bits per heavy atom. The molecule has 2 aromatic rings. The van der Waals surface area contributed by atoms with Crippen LogP contribution in [-0.4, -0.2) is 30.3 Å². The molecule has 0 N–H and O–H groups in total. The van der Waals surface area contributed by atoms with Gasteiger partial charge in [0, 0.05) is 25.2 Å². The average molecular weight is 393 g/mol. The summed E-state index contributed by atoms with van der Waals surface area (Å²) in [4.78, 5) is 29.2. The number of nitrogens with zero attached hydrogens (tertiary/aromatic N) is 2. The van der Waals surface area contributed by atoms with Gasteiger partial charge in [-0.3, -0.25) is 9.59 Å². The zero-order valence-corrected chi connectivity index (χ0v) is 17.6. The molecule has 0 aromatic heterocycles. The summed E-state index contributed by atoms with van der Waals surface area (Å²) >= 11 is 0. The van der Waals surface area contributed by atoms with Gasteiger partial charge < -0.3 is 9.80 Å². The normalized spacial score (nSPS) is 14.0. The van der Waals surface area contributed by atoms with Gasteiger partial charge >= 0.3 is 0 Å². The molecule has 2 aromatic carbocycles. The van der Waals surface area contributed by atoms with Crippen LogP contribution in [-0.2, 0) is 22.6 Å². The highest BCUT2D eigenvalue weighted by atomic mass is 16.2. The van der Waals surface area contributed by atoms with Crippen LogP contribution in [0.3, 0.4) is 0 Å². The molecule has 29 heavy (non-hydrogen) atoms. The molecule has 0 spiro atoms. The number of rotatable bonds is 8. The van der Waals surface area contributed by atoms with E-state index in [1.165, 1.54) is 0 Å². The van der Waals surface area contributed by atoms with Crippen LogP contribution in [0, 0.1) is 5.92 Å². The molecule has 0 bridgehead atoms. The fourth-order valence-electron chi connectivity index (χ4n) is 4.02. The number of hydrogen-bond acceptors (Lipinski definition) is 2. The van der Waals surface area contributed by atoms with Crippen LogP contribution in [0.5, 0.6) is 0 Å². The van der Waals surface area contributed by atoms with E-state index in [0.29, 0.717) is 13.0 Å². The number of likely N-dealkylation sites (N-methyl/N-ethyl adjacent to an activating group) is 1. The van der Waals surface area contributed by atoms with Crippen molar-refractivity contribution in [1.29, 1.82) is 0 Å². The Morgan fingerprint density at radius 3 is 2.21 bits per heavy atom. The van der Waals surface area contributed by atoms with Gasteiger partial charge in [-0.05, 0) is 42.5 Å². The van der Waals surface area contributed by atoms with Gasteiger partial charge in [0.05, 0.1) is 13.0 Å². The first kappa shape index (κ1) is 21.1. The Hall–Kier alpha value is -2.62. The Bertz CT molecular complexity index is 795. The van der Waals surface area contributed by atoms with Gasteiger partial charge in [-0.1, -0.05) is 62.2 Å².